The summed E-state index contributed by atoms with van der Waals surface area (Å²) in [5.41, 5.74) is 0.255. The molecule has 1 N–H and O–H groups in total. The van der Waals surface area contributed by atoms with Crippen LogP contribution in [0.25, 0.3) is 0 Å². The number of nitro groups is 1. The average molecular weight is 359 g/mol. The first kappa shape index (κ1) is 14.3. The number of hydrogen-bond acceptors (Lipinski definition) is 6. The van der Waals surface area contributed by atoms with Gasteiger partial charge in [-0.25, -0.2) is 13.4 Å². The summed E-state index contributed by atoms with van der Waals surface area (Å²) < 4.78 is 26.8. The Morgan fingerprint density at radius 1 is 1.25 bits per heavy atom. The van der Waals surface area contributed by atoms with Gasteiger partial charge in [-0.2, -0.15) is 0 Å². The Hall–Kier alpha value is -2.07. The predicted octanol–water partition coefficient (Wildman–Crippen LogP) is 1.95. The normalized spacial score (nSPS) is 11.1. The first-order valence-electron chi connectivity index (χ1n) is 5.14. The fourth-order valence-corrected chi connectivity index (χ4v) is 2.80. The molecule has 0 atom stereocenters. The summed E-state index contributed by atoms with van der Waals surface area (Å²) in [6.45, 7) is 0. The number of rotatable bonds is 4. The van der Waals surface area contributed by atoms with Gasteiger partial charge < -0.3 is 10.1 Å². The Balaban J connectivity index is 2.31. The molecule has 0 spiro atoms. The molecule has 0 amide bonds. The molecule has 0 saturated carbocycles. The molecule has 0 aliphatic heterocycles. The highest BCUT2D eigenvalue weighted by atomic mass is 79.9. The lowest BCUT2D eigenvalue weighted by atomic mass is 10.4. The number of anilines is 1. The minimum Gasteiger partial charge on any atom is -0.358 e. The molecule has 0 radical (unpaired) electrons. The number of sulfonamides is 1. The third kappa shape index (κ3) is 3.08. The van der Waals surface area contributed by atoms with E-state index in [4.69, 9.17) is 0 Å². The van der Waals surface area contributed by atoms with E-state index >= 15 is 0 Å². The predicted molar refractivity (Wildman–Crippen MR) is 73.6 cm³/mol. The first-order chi connectivity index (χ1) is 9.40. The molecule has 0 aromatic carbocycles. The van der Waals surface area contributed by atoms with Gasteiger partial charge in [-0.1, -0.05) is 0 Å². The lowest BCUT2D eigenvalue weighted by Gasteiger charge is -2.07. The maximum Gasteiger partial charge on any atom is 0.363 e. The highest BCUT2D eigenvalue weighted by Gasteiger charge is 2.19. The van der Waals surface area contributed by atoms with Crippen molar-refractivity contribution in [3.05, 3.63) is 51.4 Å². The molecule has 0 unspecified atom stereocenters. The van der Waals surface area contributed by atoms with Gasteiger partial charge in [0.1, 0.15) is 9.50 Å². The van der Waals surface area contributed by atoms with Crippen molar-refractivity contribution in [1.29, 1.82) is 0 Å². The molecular weight excluding hydrogens is 352 g/mol. The van der Waals surface area contributed by atoms with Gasteiger partial charge in [-0.3, -0.25) is 4.72 Å². The number of halogens is 1. The quantitative estimate of drug-likeness (QED) is 0.507. The van der Waals surface area contributed by atoms with E-state index in [1.54, 1.807) is 6.07 Å². The molecule has 2 heterocycles. The molecule has 0 saturated heterocycles. The first-order valence-corrected chi connectivity index (χ1v) is 7.41. The van der Waals surface area contributed by atoms with E-state index in [1.807, 2.05) is 0 Å². The molecule has 0 bridgehead atoms. The van der Waals surface area contributed by atoms with Crippen LogP contribution in [0, 0.1) is 10.1 Å². The minimum absolute atomic E-state index is 0.182. The molecule has 104 valence electrons. The van der Waals surface area contributed by atoms with Crippen LogP contribution in [0.3, 0.4) is 0 Å². The third-order valence-corrected chi connectivity index (χ3v) is 4.20. The average Bonchev–Trinajstić information content (AvgIpc) is 2.41. The molecule has 0 fully saturated rings. The Bertz CT molecular complexity index is 748. The minimum atomic E-state index is -3.88. The van der Waals surface area contributed by atoms with Gasteiger partial charge in [-0.15, -0.1) is 0 Å². The van der Waals surface area contributed by atoms with E-state index in [1.165, 1.54) is 12.3 Å². The van der Waals surface area contributed by atoms with Gasteiger partial charge >= 0.3 is 5.82 Å². The second-order valence-corrected chi connectivity index (χ2v) is 5.99. The molecule has 20 heavy (non-hydrogen) atoms. The van der Waals surface area contributed by atoms with Crippen molar-refractivity contribution in [2.45, 2.75) is 4.90 Å². The number of nitrogens with zero attached hydrogens (tertiary/aromatic N) is 3. The van der Waals surface area contributed by atoms with Crippen molar-refractivity contribution in [2.75, 3.05) is 4.72 Å². The van der Waals surface area contributed by atoms with Crippen LogP contribution in [-0.2, 0) is 10.0 Å². The maximum atomic E-state index is 12.1. The van der Waals surface area contributed by atoms with Crippen molar-refractivity contribution in [2.24, 2.45) is 0 Å². The largest absolute Gasteiger partial charge is 0.363 e. The summed E-state index contributed by atoms with van der Waals surface area (Å²) in [6, 6.07) is 5.22. The second kappa shape index (κ2) is 5.51. The third-order valence-electron chi connectivity index (χ3n) is 2.22. The smallest absolute Gasteiger partial charge is 0.358 e. The van der Waals surface area contributed by atoms with Gasteiger partial charge in [-0.05, 0) is 44.0 Å². The Labute approximate surface area is 122 Å². The number of pyridine rings is 2. The van der Waals surface area contributed by atoms with Crippen LogP contribution >= 0.6 is 15.9 Å². The van der Waals surface area contributed by atoms with E-state index in [0.717, 1.165) is 18.3 Å². The Kier molecular flexibility index (Phi) is 3.95. The zero-order chi connectivity index (χ0) is 14.8. The highest BCUT2D eigenvalue weighted by Crippen LogP contribution is 2.22. The Morgan fingerprint density at radius 3 is 2.55 bits per heavy atom. The SMILES string of the molecule is O=[N+]([O-])c1ccc(S(=O)(=O)Nc2cccnc2Br)cn1. The molecule has 2 rings (SSSR count). The van der Waals surface area contributed by atoms with E-state index in [0.29, 0.717) is 4.60 Å². The van der Waals surface area contributed by atoms with Gasteiger partial charge in [0.15, 0.2) is 6.20 Å². The summed E-state index contributed by atoms with van der Waals surface area (Å²) >= 11 is 3.11. The highest BCUT2D eigenvalue weighted by molar-refractivity contribution is 9.10. The van der Waals surface area contributed by atoms with Crippen LogP contribution in [0.1, 0.15) is 0 Å². The maximum absolute atomic E-state index is 12.1. The monoisotopic (exact) mass is 358 g/mol. The van der Waals surface area contributed by atoms with E-state index in [2.05, 4.69) is 30.6 Å². The molecule has 2 aromatic rings. The molecule has 2 aromatic heterocycles. The van der Waals surface area contributed by atoms with Crippen molar-refractivity contribution < 1.29 is 13.3 Å². The van der Waals surface area contributed by atoms with Crippen molar-refractivity contribution >= 4 is 37.5 Å². The van der Waals surface area contributed by atoms with Crippen LogP contribution in [-0.4, -0.2) is 23.3 Å². The zero-order valence-corrected chi connectivity index (χ0v) is 12.1. The van der Waals surface area contributed by atoms with E-state index in [9.17, 15) is 18.5 Å². The lowest BCUT2D eigenvalue weighted by molar-refractivity contribution is -0.389. The molecule has 0 aliphatic rings. The van der Waals surface area contributed by atoms with Crippen molar-refractivity contribution in [3.8, 4) is 0 Å². The Morgan fingerprint density at radius 2 is 2.00 bits per heavy atom. The summed E-state index contributed by atoms with van der Waals surface area (Å²) in [7, 11) is -3.88. The molecule has 10 heteroatoms. The second-order valence-electron chi connectivity index (χ2n) is 3.56. The molecule has 0 aliphatic carbocycles. The van der Waals surface area contributed by atoms with Gasteiger partial charge in [0.2, 0.25) is 0 Å². The van der Waals surface area contributed by atoms with Crippen LogP contribution < -0.4 is 4.72 Å². The summed E-state index contributed by atoms with van der Waals surface area (Å²) in [5, 5.41) is 10.5. The van der Waals surface area contributed by atoms with Crippen molar-refractivity contribution in [1.82, 2.24) is 9.97 Å². The fraction of sp³-hybridized carbons (Fsp3) is 0. The number of nitrogens with one attached hydrogen (secondary N) is 1. The van der Waals surface area contributed by atoms with Crippen LogP contribution in [0.4, 0.5) is 11.5 Å². The van der Waals surface area contributed by atoms with Crippen LogP contribution in [0.5, 0.6) is 0 Å². The topological polar surface area (TPSA) is 115 Å². The summed E-state index contributed by atoms with van der Waals surface area (Å²) in [6.07, 6.45) is 2.42. The van der Waals surface area contributed by atoms with Crippen LogP contribution in [0.2, 0.25) is 0 Å². The van der Waals surface area contributed by atoms with Crippen LogP contribution in [0.15, 0.2) is 46.2 Å². The standard InChI is InChI=1S/C10H7BrN4O4S/c11-10-8(2-1-5-12-10)14-20(18,19)7-3-4-9(13-6-7)15(16)17/h1-6,14H. The van der Waals surface area contributed by atoms with Crippen molar-refractivity contribution in [3.63, 3.8) is 0 Å². The zero-order valence-electron chi connectivity index (χ0n) is 9.72. The van der Waals surface area contributed by atoms with E-state index in [-0.39, 0.29) is 10.6 Å². The summed E-state index contributed by atoms with van der Waals surface area (Å²) in [4.78, 5) is 16.9. The molecular formula is C10H7BrN4O4S. The van der Waals surface area contributed by atoms with Gasteiger partial charge in [0.05, 0.1) is 5.69 Å². The van der Waals surface area contributed by atoms with Gasteiger partial charge in [0.25, 0.3) is 10.0 Å². The summed E-state index contributed by atoms with van der Waals surface area (Å²) in [5.74, 6) is -0.425. The lowest BCUT2D eigenvalue weighted by Crippen LogP contribution is -2.14. The van der Waals surface area contributed by atoms with Gasteiger partial charge in [0, 0.05) is 12.3 Å². The number of hydrogen-bond donors (Lipinski definition) is 1. The van der Waals surface area contributed by atoms with E-state index < -0.39 is 20.8 Å². The molecule has 8 nitrogen and oxygen atoms in total. The number of aromatic nitrogens is 2. The fourth-order valence-electron chi connectivity index (χ4n) is 1.31.